The van der Waals surface area contributed by atoms with Crippen molar-refractivity contribution in [3.05, 3.63) is 70.5 Å². The molecule has 2 heteroatoms. The average molecular weight is 256 g/mol. The lowest BCUT2D eigenvalue weighted by Crippen LogP contribution is -2.04. The van der Waals surface area contributed by atoms with Crippen LogP contribution in [0, 0.1) is 12.7 Å². The Labute approximate surface area is 113 Å². The van der Waals surface area contributed by atoms with E-state index in [0.717, 1.165) is 18.4 Å². The standard InChI is InChI=1S/C17H17FO/c1-3-5-13-6-4-7-14(11-13)17(19)16-9-8-15(18)10-12(16)2/h4,6-11H,3,5H2,1-2H3. The van der Waals surface area contributed by atoms with Crippen molar-refractivity contribution in [3.63, 3.8) is 0 Å². The molecule has 0 amide bonds. The van der Waals surface area contributed by atoms with Crippen LogP contribution in [0.25, 0.3) is 0 Å². The quantitative estimate of drug-likeness (QED) is 0.745. The monoisotopic (exact) mass is 256 g/mol. The smallest absolute Gasteiger partial charge is 0.193 e. The SMILES string of the molecule is CCCc1cccc(C(=O)c2ccc(F)cc2C)c1. The minimum absolute atomic E-state index is 0.0459. The fourth-order valence-corrected chi connectivity index (χ4v) is 2.19. The van der Waals surface area contributed by atoms with E-state index >= 15 is 0 Å². The minimum atomic E-state index is -0.311. The maximum atomic E-state index is 13.1. The van der Waals surface area contributed by atoms with Gasteiger partial charge in [0.25, 0.3) is 0 Å². The van der Waals surface area contributed by atoms with Crippen molar-refractivity contribution in [2.45, 2.75) is 26.7 Å². The summed E-state index contributed by atoms with van der Waals surface area (Å²) in [6, 6.07) is 11.9. The van der Waals surface area contributed by atoms with Crippen molar-refractivity contribution in [2.24, 2.45) is 0 Å². The zero-order chi connectivity index (χ0) is 13.8. The van der Waals surface area contributed by atoms with Gasteiger partial charge in [-0.05, 0) is 48.7 Å². The highest BCUT2D eigenvalue weighted by Gasteiger charge is 2.12. The van der Waals surface area contributed by atoms with Gasteiger partial charge in [0.2, 0.25) is 0 Å². The summed E-state index contributed by atoms with van der Waals surface area (Å²) >= 11 is 0. The van der Waals surface area contributed by atoms with Crippen LogP contribution in [0.15, 0.2) is 42.5 Å². The molecule has 0 heterocycles. The predicted molar refractivity (Wildman–Crippen MR) is 75.0 cm³/mol. The fourth-order valence-electron chi connectivity index (χ4n) is 2.19. The van der Waals surface area contributed by atoms with Crippen LogP contribution in [-0.4, -0.2) is 5.78 Å². The summed E-state index contributed by atoms with van der Waals surface area (Å²) in [5.74, 6) is -0.357. The van der Waals surface area contributed by atoms with Crippen LogP contribution in [-0.2, 0) is 6.42 Å². The summed E-state index contributed by atoms with van der Waals surface area (Å²) in [5, 5.41) is 0. The van der Waals surface area contributed by atoms with Crippen LogP contribution >= 0.6 is 0 Å². The molecule has 0 atom stereocenters. The molecule has 0 aliphatic carbocycles. The molecule has 0 saturated carbocycles. The highest BCUT2D eigenvalue weighted by molar-refractivity contribution is 6.09. The number of carbonyl (C=O) groups is 1. The Morgan fingerprint density at radius 3 is 2.63 bits per heavy atom. The lowest BCUT2D eigenvalue weighted by Gasteiger charge is -2.07. The summed E-state index contributed by atoms with van der Waals surface area (Å²) in [7, 11) is 0. The molecule has 0 saturated heterocycles. The number of aryl methyl sites for hydroxylation is 2. The highest BCUT2D eigenvalue weighted by atomic mass is 19.1. The molecular weight excluding hydrogens is 239 g/mol. The first-order chi connectivity index (χ1) is 9.11. The number of ketones is 1. The van der Waals surface area contributed by atoms with Gasteiger partial charge in [0.05, 0.1) is 0 Å². The number of hydrogen-bond donors (Lipinski definition) is 0. The van der Waals surface area contributed by atoms with Gasteiger partial charge >= 0.3 is 0 Å². The lowest BCUT2D eigenvalue weighted by atomic mass is 9.97. The summed E-state index contributed by atoms with van der Waals surface area (Å²) in [6.45, 7) is 3.87. The molecule has 0 aliphatic rings. The van der Waals surface area contributed by atoms with E-state index in [9.17, 15) is 9.18 Å². The summed E-state index contributed by atoms with van der Waals surface area (Å²) < 4.78 is 13.1. The molecule has 0 aliphatic heterocycles. The molecule has 2 aromatic carbocycles. The lowest BCUT2D eigenvalue weighted by molar-refractivity contribution is 0.103. The zero-order valence-electron chi connectivity index (χ0n) is 11.2. The molecule has 0 spiro atoms. The van der Waals surface area contributed by atoms with Gasteiger partial charge in [-0.3, -0.25) is 4.79 Å². The van der Waals surface area contributed by atoms with Crippen LogP contribution < -0.4 is 0 Å². The van der Waals surface area contributed by atoms with E-state index in [4.69, 9.17) is 0 Å². The maximum absolute atomic E-state index is 13.1. The summed E-state index contributed by atoms with van der Waals surface area (Å²) in [5.41, 5.74) is 3.06. The Morgan fingerprint density at radius 1 is 1.16 bits per heavy atom. The predicted octanol–water partition coefficient (Wildman–Crippen LogP) is 4.32. The molecule has 0 bridgehead atoms. The molecule has 0 N–H and O–H groups in total. The van der Waals surface area contributed by atoms with Crippen molar-refractivity contribution < 1.29 is 9.18 Å². The third-order valence-electron chi connectivity index (χ3n) is 3.16. The molecule has 0 radical (unpaired) electrons. The largest absolute Gasteiger partial charge is 0.289 e. The first-order valence-electron chi connectivity index (χ1n) is 6.51. The minimum Gasteiger partial charge on any atom is -0.289 e. The molecule has 0 aromatic heterocycles. The number of carbonyl (C=O) groups excluding carboxylic acids is 1. The number of halogens is 1. The molecule has 0 unspecified atom stereocenters. The molecule has 98 valence electrons. The third-order valence-corrected chi connectivity index (χ3v) is 3.16. The summed E-state index contributed by atoms with van der Waals surface area (Å²) in [4.78, 5) is 12.4. The second-order valence-electron chi connectivity index (χ2n) is 4.74. The highest BCUT2D eigenvalue weighted by Crippen LogP contribution is 2.17. The number of rotatable bonds is 4. The van der Waals surface area contributed by atoms with E-state index in [2.05, 4.69) is 6.92 Å². The van der Waals surface area contributed by atoms with Crippen molar-refractivity contribution in [2.75, 3.05) is 0 Å². The van der Waals surface area contributed by atoms with Gasteiger partial charge in [0.15, 0.2) is 5.78 Å². The van der Waals surface area contributed by atoms with Crippen LogP contribution in [0.5, 0.6) is 0 Å². The van der Waals surface area contributed by atoms with Crippen molar-refractivity contribution in [1.29, 1.82) is 0 Å². The van der Waals surface area contributed by atoms with E-state index in [-0.39, 0.29) is 11.6 Å². The van der Waals surface area contributed by atoms with Gasteiger partial charge in [-0.15, -0.1) is 0 Å². The Morgan fingerprint density at radius 2 is 1.95 bits per heavy atom. The first kappa shape index (κ1) is 13.5. The fraction of sp³-hybridized carbons (Fsp3) is 0.235. The zero-order valence-corrected chi connectivity index (χ0v) is 11.2. The Bertz CT molecular complexity index is 602. The summed E-state index contributed by atoms with van der Waals surface area (Å²) in [6.07, 6.45) is 2.01. The van der Waals surface area contributed by atoms with Gasteiger partial charge in [-0.25, -0.2) is 4.39 Å². The van der Waals surface area contributed by atoms with Crippen molar-refractivity contribution in [1.82, 2.24) is 0 Å². The van der Waals surface area contributed by atoms with Crippen LogP contribution in [0.1, 0.15) is 40.4 Å². The first-order valence-corrected chi connectivity index (χ1v) is 6.51. The molecule has 1 nitrogen and oxygen atoms in total. The molecule has 2 aromatic rings. The number of benzene rings is 2. The van der Waals surface area contributed by atoms with Gasteiger partial charge in [-0.2, -0.15) is 0 Å². The van der Waals surface area contributed by atoms with E-state index in [1.807, 2.05) is 24.3 Å². The Hall–Kier alpha value is -1.96. The van der Waals surface area contributed by atoms with Gasteiger partial charge in [0, 0.05) is 11.1 Å². The third kappa shape index (κ3) is 3.08. The van der Waals surface area contributed by atoms with E-state index < -0.39 is 0 Å². The van der Waals surface area contributed by atoms with Gasteiger partial charge in [0.1, 0.15) is 5.82 Å². The van der Waals surface area contributed by atoms with Crippen LogP contribution in [0.3, 0.4) is 0 Å². The molecular formula is C17H17FO. The van der Waals surface area contributed by atoms with Gasteiger partial charge in [-0.1, -0.05) is 31.5 Å². The maximum Gasteiger partial charge on any atom is 0.193 e. The second-order valence-corrected chi connectivity index (χ2v) is 4.74. The molecule has 0 fully saturated rings. The van der Waals surface area contributed by atoms with Crippen LogP contribution in [0.4, 0.5) is 4.39 Å². The second kappa shape index (κ2) is 5.79. The van der Waals surface area contributed by atoms with Gasteiger partial charge < -0.3 is 0 Å². The van der Waals surface area contributed by atoms with E-state index in [1.165, 1.54) is 12.1 Å². The Balaban J connectivity index is 2.35. The number of hydrogen-bond acceptors (Lipinski definition) is 1. The van der Waals surface area contributed by atoms with E-state index in [0.29, 0.717) is 16.7 Å². The van der Waals surface area contributed by atoms with E-state index in [1.54, 1.807) is 13.0 Å². The van der Waals surface area contributed by atoms with Crippen LogP contribution in [0.2, 0.25) is 0 Å². The average Bonchev–Trinajstić information content (AvgIpc) is 2.39. The molecule has 19 heavy (non-hydrogen) atoms. The molecule has 2 rings (SSSR count). The Kier molecular flexibility index (Phi) is 4.10. The normalized spacial score (nSPS) is 10.5. The van der Waals surface area contributed by atoms with Crippen molar-refractivity contribution in [3.8, 4) is 0 Å². The topological polar surface area (TPSA) is 17.1 Å². The van der Waals surface area contributed by atoms with Crippen molar-refractivity contribution >= 4 is 5.78 Å².